The predicted molar refractivity (Wildman–Crippen MR) is 95.6 cm³/mol. The van der Waals surface area contributed by atoms with Gasteiger partial charge < -0.3 is 15.3 Å². The van der Waals surface area contributed by atoms with Crippen LogP contribution in [0, 0.1) is 11.2 Å². The zero-order chi connectivity index (χ0) is 18.7. The van der Waals surface area contributed by atoms with Gasteiger partial charge in [0.1, 0.15) is 11.9 Å². The number of carbonyl (C=O) groups is 2. The van der Waals surface area contributed by atoms with E-state index in [1.807, 2.05) is 0 Å². The van der Waals surface area contributed by atoms with E-state index < -0.39 is 18.1 Å². The molecule has 2 N–H and O–H groups in total. The third-order valence-electron chi connectivity index (χ3n) is 5.74. The number of hydrogen-bond donors (Lipinski definition) is 2. The molecule has 1 aromatic rings. The zero-order valence-electron chi connectivity index (χ0n) is 15.2. The van der Waals surface area contributed by atoms with Gasteiger partial charge in [0.15, 0.2) is 0 Å². The Morgan fingerprint density at radius 3 is 2.65 bits per heavy atom. The lowest BCUT2D eigenvalue weighted by Crippen LogP contribution is -2.53. The molecule has 2 atom stereocenters. The Morgan fingerprint density at radius 1 is 1.31 bits per heavy atom. The van der Waals surface area contributed by atoms with Crippen molar-refractivity contribution >= 4 is 11.8 Å². The van der Waals surface area contributed by atoms with Gasteiger partial charge in [-0.1, -0.05) is 37.5 Å². The maximum absolute atomic E-state index is 13.7. The van der Waals surface area contributed by atoms with Gasteiger partial charge in [-0.25, -0.2) is 4.39 Å². The first-order valence-electron chi connectivity index (χ1n) is 9.41. The number of aliphatic hydroxyl groups is 1. The van der Waals surface area contributed by atoms with Gasteiger partial charge >= 0.3 is 0 Å². The average Bonchev–Trinajstić information content (AvgIpc) is 2.90. The number of aliphatic hydroxyl groups excluding tert-OH is 1. The molecule has 0 bridgehead atoms. The Morgan fingerprint density at radius 2 is 2.00 bits per heavy atom. The normalized spacial score (nSPS) is 21.7. The molecule has 1 aliphatic heterocycles. The van der Waals surface area contributed by atoms with Crippen LogP contribution in [0.1, 0.15) is 51.0 Å². The summed E-state index contributed by atoms with van der Waals surface area (Å²) in [5, 5.41) is 12.8. The summed E-state index contributed by atoms with van der Waals surface area (Å²) in [6, 6.07) is 5.30. The first-order valence-corrected chi connectivity index (χ1v) is 9.41. The Bertz CT molecular complexity index is 671. The molecule has 0 unspecified atom stereocenters. The Kier molecular flexibility index (Phi) is 5.61. The van der Waals surface area contributed by atoms with Crippen LogP contribution in [-0.4, -0.2) is 40.5 Å². The van der Waals surface area contributed by atoms with Crippen molar-refractivity contribution in [2.75, 3.05) is 6.54 Å². The molecule has 26 heavy (non-hydrogen) atoms. The molecule has 142 valence electrons. The lowest BCUT2D eigenvalue weighted by atomic mass is 9.73. The van der Waals surface area contributed by atoms with Crippen molar-refractivity contribution < 1.29 is 19.1 Å². The fourth-order valence-corrected chi connectivity index (χ4v) is 4.37. The van der Waals surface area contributed by atoms with Crippen LogP contribution in [0.4, 0.5) is 4.39 Å². The molecule has 2 aliphatic rings. The van der Waals surface area contributed by atoms with Gasteiger partial charge in [0.2, 0.25) is 11.8 Å². The van der Waals surface area contributed by atoms with Crippen LogP contribution in [-0.2, 0) is 16.1 Å². The Hall–Kier alpha value is -1.95. The fourth-order valence-electron chi connectivity index (χ4n) is 4.37. The lowest BCUT2D eigenvalue weighted by molar-refractivity contribution is -0.141. The molecule has 2 amide bonds. The minimum Gasteiger partial charge on any atom is -0.391 e. The molecule has 1 saturated carbocycles. The first kappa shape index (κ1) is 18.8. The summed E-state index contributed by atoms with van der Waals surface area (Å²) < 4.78 is 13.7. The molecule has 1 aliphatic carbocycles. The van der Waals surface area contributed by atoms with E-state index >= 15 is 0 Å². The molecule has 0 aromatic heterocycles. The number of halogens is 1. The summed E-state index contributed by atoms with van der Waals surface area (Å²) in [5.41, 5.74) is 0.329. The quantitative estimate of drug-likeness (QED) is 0.845. The Labute approximate surface area is 153 Å². The number of likely N-dealkylation sites (tertiary alicyclic amines) is 1. The van der Waals surface area contributed by atoms with Gasteiger partial charge in [-0.2, -0.15) is 0 Å². The van der Waals surface area contributed by atoms with Crippen molar-refractivity contribution in [3.8, 4) is 0 Å². The molecule has 0 radical (unpaired) electrons. The number of nitrogens with one attached hydrogen (secondary N) is 1. The summed E-state index contributed by atoms with van der Waals surface area (Å²) in [4.78, 5) is 26.8. The lowest BCUT2D eigenvalue weighted by Gasteiger charge is -2.35. The number of amides is 2. The highest BCUT2D eigenvalue weighted by Gasteiger charge is 2.48. The van der Waals surface area contributed by atoms with Crippen molar-refractivity contribution in [1.82, 2.24) is 10.2 Å². The monoisotopic (exact) mass is 362 g/mol. The third kappa shape index (κ3) is 3.90. The second-order valence-electron chi connectivity index (χ2n) is 7.75. The summed E-state index contributed by atoms with van der Waals surface area (Å²) in [6.07, 6.45) is 4.88. The van der Waals surface area contributed by atoms with Crippen LogP contribution >= 0.6 is 0 Å². The molecule has 1 saturated heterocycles. The number of benzene rings is 1. The SMILES string of the molecule is C[C@@H](O)[C@@H](C(=O)NCc1ccccc1F)N1CC2(CCCCC2)CC1=O. The molecule has 5 nitrogen and oxygen atoms in total. The van der Waals surface area contributed by atoms with E-state index in [0.29, 0.717) is 18.5 Å². The molecule has 1 spiro atoms. The fraction of sp³-hybridized carbons (Fsp3) is 0.600. The number of nitrogens with zero attached hydrogens (tertiary/aromatic N) is 1. The number of carbonyl (C=O) groups excluding carboxylic acids is 2. The van der Waals surface area contributed by atoms with Crippen LogP contribution in [0.25, 0.3) is 0 Å². The van der Waals surface area contributed by atoms with Crippen LogP contribution in [0.3, 0.4) is 0 Å². The van der Waals surface area contributed by atoms with Gasteiger partial charge in [-0.05, 0) is 31.2 Å². The van der Waals surface area contributed by atoms with Crippen molar-refractivity contribution in [3.63, 3.8) is 0 Å². The third-order valence-corrected chi connectivity index (χ3v) is 5.74. The summed E-state index contributed by atoms with van der Waals surface area (Å²) >= 11 is 0. The van der Waals surface area contributed by atoms with E-state index in [4.69, 9.17) is 0 Å². The van der Waals surface area contributed by atoms with E-state index in [-0.39, 0.29) is 23.7 Å². The molecule has 6 heteroatoms. The highest BCUT2D eigenvalue weighted by molar-refractivity contribution is 5.89. The average molecular weight is 362 g/mol. The van der Waals surface area contributed by atoms with Crippen molar-refractivity contribution in [2.45, 2.75) is 64.1 Å². The highest BCUT2D eigenvalue weighted by atomic mass is 19.1. The van der Waals surface area contributed by atoms with Gasteiger partial charge in [-0.3, -0.25) is 9.59 Å². The van der Waals surface area contributed by atoms with Gasteiger partial charge in [0, 0.05) is 25.1 Å². The first-order chi connectivity index (χ1) is 12.4. The smallest absolute Gasteiger partial charge is 0.245 e. The summed E-state index contributed by atoms with van der Waals surface area (Å²) in [7, 11) is 0. The van der Waals surface area contributed by atoms with Crippen LogP contribution in [0.2, 0.25) is 0 Å². The molecule has 2 fully saturated rings. The van der Waals surface area contributed by atoms with E-state index in [1.54, 1.807) is 18.2 Å². The van der Waals surface area contributed by atoms with E-state index in [0.717, 1.165) is 25.7 Å². The van der Waals surface area contributed by atoms with Gasteiger partial charge in [0.25, 0.3) is 0 Å². The largest absolute Gasteiger partial charge is 0.391 e. The predicted octanol–water partition coefficient (Wildman–Crippen LogP) is 2.37. The minimum atomic E-state index is -0.988. The summed E-state index contributed by atoms with van der Waals surface area (Å²) in [6.45, 7) is 2.07. The van der Waals surface area contributed by atoms with Crippen molar-refractivity contribution in [3.05, 3.63) is 35.6 Å². The maximum atomic E-state index is 13.7. The van der Waals surface area contributed by atoms with Crippen LogP contribution < -0.4 is 5.32 Å². The van der Waals surface area contributed by atoms with Crippen molar-refractivity contribution in [2.24, 2.45) is 5.41 Å². The zero-order valence-corrected chi connectivity index (χ0v) is 15.2. The number of rotatable bonds is 5. The molecule has 3 rings (SSSR count). The highest BCUT2D eigenvalue weighted by Crippen LogP contribution is 2.45. The van der Waals surface area contributed by atoms with E-state index in [1.165, 1.54) is 24.3 Å². The van der Waals surface area contributed by atoms with E-state index in [2.05, 4.69) is 5.32 Å². The van der Waals surface area contributed by atoms with Crippen LogP contribution in [0.15, 0.2) is 24.3 Å². The van der Waals surface area contributed by atoms with Crippen LogP contribution in [0.5, 0.6) is 0 Å². The van der Waals surface area contributed by atoms with E-state index in [9.17, 15) is 19.1 Å². The topological polar surface area (TPSA) is 69.6 Å². The second-order valence-corrected chi connectivity index (χ2v) is 7.75. The Balaban J connectivity index is 1.69. The minimum absolute atomic E-state index is 0.0297. The molecule has 1 heterocycles. The summed E-state index contributed by atoms with van der Waals surface area (Å²) in [5.74, 6) is -0.900. The standard InChI is InChI=1S/C20H27FN2O3/c1-14(24)18(19(26)22-12-15-7-3-4-8-16(15)21)23-13-20(11-17(23)25)9-5-2-6-10-20/h3-4,7-8,14,18,24H,2,5-6,9-13H2,1H3,(H,22,26)/t14-,18+/m1/s1. The molecule has 1 aromatic carbocycles. The number of hydrogen-bond acceptors (Lipinski definition) is 3. The van der Waals surface area contributed by atoms with Gasteiger partial charge in [-0.15, -0.1) is 0 Å². The maximum Gasteiger partial charge on any atom is 0.245 e. The molecular weight excluding hydrogens is 335 g/mol. The molecular formula is C20H27FN2O3. The van der Waals surface area contributed by atoms with Gasteiger partial charge in [0.05, 0.1) is 6.10 Å². The van der Waals surface area contributed by atoms with Crippen molar-refractivity contribution in [1.29, 1.82) is 0 Å². The second kappa shape index (κ2) is 7.74.